The number of rotatable bonds is 8. The van der Waals surface area contributed by atoms with Crippen LogP contribution in [0.3, 0.4) is 0 Å². The van der Waals surface area contributed by atoms with E-state index in [0.717, 1.165) is 20.7 Å². The number of hydrogen-bond donors (Lipinski definition) is 0. The number of alkyl halides is 1. The molecular formula is C14H22Cl4OSi. The van der Waals surface area contributed by atoms with Crippen LogP contribution < -0.4 is 0 Å². The van der Waals surface area contributed by atoms with Gasteiger partial charge in [-0.3, -0.25) is 0 Å². The largest absolute Gasteiger partial charge is 0.418 e. The van der Waals surface area contributed by atoms with Crippen molar-refractivity contribution in [3.05, 3.63) is 32.8 Å². The van der Waals surface area contributed by atoms with Crippen molar-refractivity contribution < 1.29 is 4.43 Å². The average molecular weight is 376 g/mol. The normalized spacial score (nSPS) is 17.9. The van der Waals surface area contributed by atoms with Gasteiger partial charge in [-0.15, -0.1) is 11.6 Å². The summed E-state index contributed by atoms with van der Waals surface area (Å²) >= 11 is 24.1. The van der Waals surface area contributed by atoms with Gasteiger partial charge in [-0.2, -0.15) is 0 Å². The molecule has 0 saturated heterocycles. The maximum Gasteiger partial charge on any atom is 0.147 e. The Hall–Kier alpha value is 0.557. The zero-order valence-electron chi connectivity index (χ0n) is 12.4. The second-order valence-corrected chi connectivity index (χ2v) is 7.18. The van der Waals surface area contributed by atoms with E-state index >= 15 is 0 Å². The highest BCUT2D eigenvalue weighted by Crippen LogP contribution is 2.36. The third-order valence-corrected chi connectivity index (χ3v) is 4.63. The standard InChI is InChI=1S/C14H22Cl4OSi/c1-10(16)4-7-14(19-20,8-5-11(2)17)13(6-9-15)12(3)18/h4-5H,6-9H2,1-3,20H3. The highest BCUT2D eigenvalue weighted by Gasteiger charge is 2.32. The van der Waals surface area contributed by atoms with E-state index in [4.69, 9.17) is 50.8 Å². The van der Waals surface area contributed by atoms with Gasteiger partial charge in [0.2, 0.25) is 0 Å². The van der Waals surface area contributed by atoms with Gasteiger partial charge in [-0.05, 0) is 45.6 Å². The molecule has 116 valence electrons. The topological polar surface area (TPSA) is 9.23 Å². The molecule has 0 heterocycles. The first-order valence-electron chi connectivity index (χ1n) is 6.40. The van der Waals surface area contributed by atoms with E-state index in [9.17, 15) is 0 Å². The highest BCUT2D eigenvalue weighted by atomic mass is 35.5. The van der Waals surface area contributed by atoms with Gasteiger partial charge in [0, 0.05) is 21.0 Å². The Morgan fingerprint density at radius 1 is 1.05 bits per heavy atom. The zero-order chi connectivity index (χ0) is 15.8. The number of allylic oxidation sites excluding steroid dienone is 3. The van der Waals surface area contributed by atoms with Crippen LogP contribution in [-0.4, -0.2) is 22.0 Å². The van der Waals surface area contributed by atoms with E-state index in [1.165, 1.54) is 0 Å². The summed E-state index contributed by atoms with van der Waals surface area (Å²) in [5.74, 6) is 0.499. The maximum absolute atomic E-state index is 6.27. The highest BCUT2D eigenvalue weighted by molar-refractivity contribution is 6.30. The first kappa shape index (κ1) is 20.6. The molecule has 0 fully saturated rings. The molecule has 0 unspecified atom stereocenters. The van der Waals surface area contributed by atoms with Gasteiger partial charge in [0.25, 0.3) is 0 Å². The summed E-state index contributed by atoms with van der Waals surface area (Å²) in [6, 6.07) is 0. The molecule has 0 aliphatic rings. The minimum absolute atomic E-state index is 0.499. The minimum atomic E-state index is -0.501. The molecule has 0 aliphatic heterocycles. The van der Waals surface area contributed by atoms with Gasteiger partial charge in [0.05, 0.1) is 5.60 Å². The van der Waals surface area contributed by atoms with E-state index in [1.807, 2.05) is 32.9 Å². The molecule has 0 bridgehead atoms. The second-order valence-electron chi connectivity index (χ2n) is 4.64. The van der Waals surface area contributed by atoms with Crippen LogP contribution >= 0.6 is 46.4 Å². The van der Waals surface area contributed by atoms with E-state index in [-0.39, 0.29) is 0 Å². The van der Waals surface area contributed by atoms with Crippen LogP contribution in [0.2, 0.25) is 0 Å². The predicted molar refractivity (Wildman–Crippen MR) is 96.1 cm³/mol. The first-order valence-corrected chi connectivity index (χ1v) is 8.89. The summed E-state index contributed by atoms with van der Waals surface area (Å²) in [6.45, 7) is 5.56. The van der Waals surface area contributed by atoms with Crippen LogP contribution in [0.25, 0.3) is 0 Å². The van der Waals surface area contributed by atoms with Crippen molar-refractivity contribution in [1.82, 2.24) is 0 Å². The van der Waals surface area contributed by atoms with E-state index in [1.54, 1.807) is 0 Å². The second kappa shape index (κ2) is 10.3. The van der Waals surface area contributed by atoms with Gasteiger partial charge < -0.3 is 4.43 Å². The molecule has 0 radical (unpaired) electrons. The summed E-state index contributed by atoms with van der Waals surface area (Å²) in [5.41, 5.74) is 0.520. The molecule has 0 aromatic heterocycles. The molecule has 0 aromatic rings. The van der Waals surface area contributed by atoms with Gasteiger partial charge in [0.15, 0.2) is 0 Å². The maximum atomic E-state index is 6.27. The molecule has 0 saturated carbocycles. The summed E-state index contributed by atoms with van der Waals surface area (Å²) in [4.78, 5) is 0. The van der Waals surface area contributed by atoms with Gasteiger partial charge in [0.1, 0.15) is 10.5 Å². The Labute approximate surface area is 145 Å². The molecule has 0 aliphatic carbocycles. The Kier molecular flexibility index (Phi) is 10.6. The molecule has 6 heteroatoms. The lowest BCUT2D eigenvalue weighted by Gasteiger charge is -2.35. The molecular weight excluding hydrogens is 354 g/mol. The SMILES string of the molecule is CC(Cl)=CCC(CC=C(C)Cl)(O[SiH3])C(CCCl)=C(C)Cl. The van der Waals surface area contributed by atoms with Gasteiger partial charge in [-0.1, -0.05) is 47.0 Å². The minimum Gasteiger partial charge on any atom is -0.418 e. The van der Waals surface area contributed by atoms with Crippen molar-refractivity contribution in [2.45, 2.75) is 45.6 Å². The van der Waals surface area contributed by atoms with Crippen LogP contribution in [0.5, 0.6) is 0 Å². The Bertz CT molecular complexity index is 370. The zero-order valence-corrected chi connectivity index (χ0v) is 17.4. The predicted octanol–water partition coefficient (Wildman–Crippen LogP) is 5.23. The fourth-order valence-corrected chi connectivity index (χ4v) is 3.23. The quantitative estimate of drug-likeness (QED) is 0.416. The van der Waals surface area contributed by atoms with Crippen LogP contribution in [0.4, 0.5) is 0 Å². The molecule has 0 spiro atoms. The first-order chi connectivity index (χ1) is 9.29. The van der Waals surface area contributed by atoms with Crippen LogP contribution in [-0.2, 0) is 4.43 Å². The Morgan fingerprint density at radius 2 is 1.50 bits per heavy atom. The third kappa shape index (κ3) is 7.01. The molecule has 0 aromatic carbocycles. The van der Waals surface area contributed by atoms with Crippen LogP contribution in [0.15, 0.2) is 32.8 Å². The lowest BCUT2D eigenvalue weighted by molar-refractivity contribution is 0.123. The van der Waals surface area contributed by atoms with Crippen LogP contribution in [0.1, 0.15) is 40.0 Å². The molecule has 0 N–H and O–H groups in total. The van der Waals surface area contributed by atoms with Crippen molar-refractivity contribution in [3.8, 4) is 0 Å². The lowest BCUT2D eigenvalue weighted by atomic mass is 9.84. The Morgan fingerprint density at radius 3 is 1.75 bits per heavy atom. The fraction of sp³-hybridized carbons (Fsp3) is 0.571. The fourth-order valence-electron chi connectivity index (χ4n) is 2.04. The van der Waals surface area contributed by atoms with Crippen molar-refractivity contribution in [3.63, 3.8) is 0 Å². The smallest absolute Gasteiger partial charge is 0.147 e. The average Bonchev–Trinajstić information content (AvgIpc) is 2.37. The number of halogens is 4. The monoisotopic (exact) mass is 374 g/mol. The third-order valence-electron chi connectivity index (χ3n) is 3.13. The van der Waals surface area contributed by atoms with Crippen molar-refractivity contribution in [2.75, 3.05) is 5.88 Å². The lowest BCUT2D eigenvalue weighted by Crippen LogP contribution is -2.34. The van der Waals surface area contributed by atoms with Gasteiger partial charge >= 0.3 is 0 Å². The van der Waals surface area contributed by atoms with E-state index in [2.05, 4.69) is 0 Å². The van der Waals surface area contributed by atoms with E-state index < -0.39 is 5.60 Å². The van der Waals surface area contributed by atoms with Crippen molar-refractivity contribution >= 4 is 56.9 Å². The molecule has 0 rings (SSSR count). The van der Waals surface area contributed by atoms with Crippen molar-refractivity contribution in [1.29, 1.82) is 0 Å². The number of hydrogen-bond acceptors (Lipinski definition) is 1. The van der Waals surface area contributed by atoms with E-state index in [0.29, 0.717) is 35.6 Å². The molecule has 20 heavy (non-hydrogen) atoms. The van der Waals surface area contributed by atoms with Gasteiger partial charge in [-0.25, -0.2) is 0 Å². The molecule has 1 nitrogen and oxygen atoms in total. The summed E-state index contributed by atoms with van der Waals surface area (Å²) in [5, 5.41) is 2.19. The van der Waals surface area contributed by atoms with Crippen LogP contribution in [0, 0.1) is 0 Å². The summed E-state index contributed by atoms with van der Waals surface area (Å²) < 4.78 is 5.95. The van der Waals surface area contributed by atoms with Crippen molar-refractivity contribution in [2.24, 2.45) is 0 Å². The summed E-state index contributed by atoms with van der Waals surface area (Å²) in [6.07, 6.45) is 5.89. The summed E-state index contributed by atoms with van der Waals surface area (Å²) in [7, 11) is 0.586. The molecule has 0 amide bonds. The molecule has 0 atom stereocenters. The Balaban J connectivity index is 5.66.